The van der Waals surface area contributed by atoms with Gasteiger partial charge in [-0.2, -0.15) is 0 Å². The van der Waals surface area contributed by atoms with Crippen LogP contribution in [0.25, 0.3) is 0 Å². The fraction of sp³-hybridized carbons (Fsp3) is 0.600. The summed E-state index contributed by atoms with van der Waals surface area (Å²) in [5, 5.41) is 12.5. The lowest BCUT2D eigenvalue weighted by molar-refractivity contribution is 0.173. The van der Waals surface area contributed by atoms with Gasteiger partial charge in [-0.25, -0.2) is 0 Å². The third-order valence-corrected chi connectivity index (χ3v) is 3.34. The van der Waals surface area contributed by atoms with E-state index in [2.05, 4.69) is 40.3 Å². The lowest BCUT2D eigenvalue weighted by Crippen LogP contribution is -2.17. The van der Waals surface area contributed by atoms with E-state index in [0.717, 1.165) is 40.9 Å². The molecule has 3 nitrogen and oxygen atoms in total. The highest BCUT2D eigenvalue weighted by atomic mass is 79.9. The molecule has 19 heavy (non-hydrogen) atoms. The van der Waals surface area contributed by atoms with E-state index in [1.165, 1.54) is 0 Å². The van der Waals surface area contributed by atoms with Crippen LogP contribution in [0, 0.1) is 12.8 Å². The van der Waals surface area contributed by atoms with Crippen LogP contribution in [0.3, 0.4) is 0 Å². The van der Waals surface area contributed by atoms with Crippen LogP contribution in [0.1, 0.15) is 31.4 Å². The highest BCUT2D eigenvalue weighted by molar-refractivity contribution is 9.10. The molecule has 108 valence electrons. The highest BCUT2D eigenvalue weighted by Crippen LogP contribution is 2.28. The predicted octanol–water partition coefficient (Wildman–Crippen LogP) is 3.26. The zero-order valence-corrected chi connectivity index (χ0v) is 13.6. The Bertz CT molecular complexity index is 396. The van der Waals surface area contributed by atoms with E-state index in [0.29, 0.717) is 6.61 Å². The molecule has 1 unspecified atom stereocenters. The molecular weight excluding hydrogens is 306 g/mol. The molecule has 1 aromatic rings. The maximum atomic E-state index is 9.07. The number of halogens is 1. The summed E-state index contributed by atoms with van der Waals surface area (Å²) in [7, 11) is 0. The molecule has 0 aromatic heterocycles. The van der Waals surface area contributed by atoms with E-state index in [1.54, 1.807) is 0 Å². The van der Waals surface area contributed by atoms with E-state index >= 15 is 0 Å². The van der Waals surface area contributed by atoms with Gasteiger partial charge in [-0.05, 0) is 37.6 Å². The first-order chi connectivity index (χ1) is 9.08. The van der Waals surface area contributed by atoms with Crippen molar-refractivity contribution in [1.82, 2.24) is 5.32 Å². The lowest BCUT2D eigenvalue weighted by atomic mass is 10.1. The average Bonchev–Trinajstić information content (AvgIpc) is 2.37. The molecule has 2 N–H and O–H groups in total. The molecule has 1 aromatic carbocycles. The topological polar surface area (TPSA) is 41.5 Å². The Kier molecular flexibility index (Phi) is 7.42. The van der Waals surface area contributed by atoms with Gasteiger partial charge in [-0.1, -0.05) is 29.8 Å². The van der Waals surface area contributed by atoms with Crippen LogP contribution in [0.5, 0.6) is 5.75 Å². The van der Waals surface area contributed by atoms with Gasteiger partial charge in [0.25, 0.3) is 0 Å². The first-order valence-corrected chi connectivity index (χ1v) is 7.61. The van der Waals surface area contributed by atoms with Gasteiger partial charge in [0.1, 0.15) is 5.75 Å². The quantitative estimate of drug-likeness (QED) is 0.719. The number of aryl methyl sites for hydroxylation is 1. The van der Waals surface area contributed by atoms with E-state index in [9.17, 15) is 0 Å². The molecule has 4 heteroatoms. The van der Waals surface area contributed by atoms with Gasteiger partial charge >= 0.3 is 0 Å². The normalized spacial score (nSPS) is 12.5. The van der Waals surface area contributed by atoms with Gasteiger partial charge in [0, 0.05) is 29.1 Å². The van der Waals surface area contributed by atoms with E-state index in [-0.39, 0.29) is 12.5 Å². The van der Waals surface area contributed by atoms with Gasteiger partial charge < -0.3 is 15.2 Å². The van der Waals surface area contributed by atoms with Crippen molar-refractivity contribution in [3.05, 3.63) is 27.7 Å². The molecule has 0 aliphatic heterocycles. The minimum absolute atomic E-state index is 0.152. The van der Waals surface area contributed by atoms with Crippen molar-refractivity contribution in [3.8, 4) is 5.75 Å². The molecule has 0 amide bonds. The summed E-state index contributed by atoms with van der Waals surface area (Å²) in [6, 6.07) is 4.15. The average molecular weight is 330 g/mol. The number of benzene rings is 1. The number of hydrogen-bond acceptors (Lipinski definition) is 3. The fourth-order valence-corrected chi connectivity index (χ4v) is 2.43. The standard InChI is InChI=1S/C15H24BrNO2/c1-4-5-17-8-13-7-14(16)6-12(3)15(13)19-10-11(2)9-18/h6-7,11,17-18H,4-5,8-10H2,1-3H3. The van der Waals surface area contributed by atoms with Crippen molar-refractivity contribution < 1.29 is 9.84 Å². The molecule has 0 fully saturated rings. The van der Waals surface area contributed by atoms with Gasteiger partial charge in [0.15, 0.2) is 0 Å². The number of rotatable bonds is 8. The van der Waals surface area contributed by atoms with Crippen LogP contribution < -0.4 is 10.1 Å². The predicted molar refractivity (Wildman–Crippen MR) is 82.6 cm³/mol. The van der Waals surface area contributed by atoms with Crippen LogP contribution in [-0.2, 0) is 6.54 Å². The van der Waals surface area contributed by atoms with Crippen molar-refractivity contribution in [2.75, 3.05) is 19.8 Å². The molecule has 0 saturated heterocycles. The Labute approximate surface area is 124 Å². The van der Waals surface area contributed by atoms with Gasteiger partial charge in [-0.3, -0.25) is 0 Å². The second kappa shape index (κ2) is 8.56. The van der Waals surface area contributed by atoms with Crippen LogP contribution in [0.4, 0.5) is 0 Å². The summed E-state index contributed by atoms with van der Waals surface area (Å²) in [6.45, 7) is 8.67. The number of aliphatic hydroxyl groups is 1. The Morgan fingerprint density at radius 3 is 2.79 bits per heavy atom. The van der Waals surface area contributed by atoms with E-state index in [1.807, 2.05) is 13.8 Å². The van der Waals surface area contributed by atoms with Crippen LogP contribution >= 0.6 is 15.9 Å². The molecule has 0 saturated carbocycles. The Morgan fingerprint density at radius 2 is 2.16 bits per heavy atom. The number of ether oxygens (including phenoxy) is 1. The summed E-state index contributed by atoms with van der Waals surface area (Å²) >= 11 is 3.53. The van der Waals surface area contributed by atoms with Gasteiger partial charge in [0.05, 0.1) is 6.61 Å². The van der Waals surface area contributed by atoms with E-state index in [4.69, 9.17) is 9.84 Å². The van der Waals surface area contributed by atoms with Gasteiger partial charge in [0.2, 0.25) is 0 Å². The molecule has 0 radical (unpaired) electrons. The Hall–Kier alpha value is -0.580. The molecule has 0 aliphatic rings. The second-order valence-electron chi connectivity index (χ2n) is 4.99. The van der Waals surface area contributed by atoms with Crippen LogP contribution in [-0.4, -0.2) is 24.9 Å². The first-order valence-electron chi connectivity index (χ1n) is 6.81. The lowest BCUT2D eigenvalue weighted by Gasteiger charge is -2.17. The summed E-state index contributed by atoms with van der Waals surface area (Å²) in [6.07, 6.45) is 1.12. The summed E-state index contributed by atoms with van der Waals surface area (Å²) in [5.41, 5.74) is 2.28. The number of hydrogen-bond donors (Lipinski definition) is 2. The minimum atomic E-state index is 0.152. The summed E-state index contributed by atoms with van der Waals surface area (Å²) in [5.74, 6) is 1.09. The maximum absolute atomic E-state index is 9.07. The molecule has 0 bridgehead atoms. The number of nitrogens with one attached hydrogen (secondary N) is 1. The minimum Gasteiger partial charge on any atom is -0.493 e. The first kappa shape index (κ1) is 16.5. The fourth-order valence-electron chi connectivity index (χ4n) is 1.82. The summed E-state index contributed by atoms with van der Waals surface area (Å²) < 4.78 is 6.96. The van der Waals surface area contributed by atoms with Crippen molar-refractivity contribution in [2.24, 2.45) is 5.92 Å². The Morgan fingerprint density at radius 1 is 1.42 bits per heavy atom. The van der Waals surface area contributed by atoms with E-state index < -0.39 is 0 Å². The van der Waals surface area contributed by atoms with Crippen molar-refractivity contribution in [3.63, 3.8) is 0 Å². The third kappa shape index (κ3) is 5.51. The number of aliphatic hydroxyl groups excluding tert-OH is 1. The third-order valence-electron chi connectivity index (χ3n) is 2.88. The maximum Gasteiger partial charge on any atom is 0.126 e. The van der Waals surface area contributed by atoms with Crippen molar-refractivity contribution >= 4 is 15.9 Å². The molecular formula is C15H24BrNO2. The molecule has 0 heterocycles. The zero-order chi connectivity index (χ0) is 14.3. The molecule has 1 rings (SSSR count). The zero-order valence-electron chi connectivity index (χ0n) is 12.0. The van der Waals surface area contributed by atoms with Crippen LogP contribution in [0.15, 0.2) is 16.6 Å². The second-order valence-corrected chi connectivity index (χ2v) is 5.90. The van der Waals surface area contributed by atoms with Crippen molar-refractivity contribution in [2.45, 2.75) is 33.7 Å². The molecule has 0 spiro atoms. The largest absolute Gasteiger partial charge is 0.493 e. The van der Waals surface area contributed by atoms with Crippen molar-refractivity contribution in [1.29, 1.82) is 0 Å². The summed E-state index contributed by atoms with van der Waals surface area (Å²) in [4.78, 5) is 0. The monoisotopic (exact) mass is 329 g/mol. The SMILES string of the molecule is CCCNCc1cc(Br)cc(C)c1OCC(C)CO. The smallest absolute Gasteiger partial charge is 0.126 e. The highest BCUT2D eigenvalue weighted by Gasteiger charge is 2.10. The van der Waals surface area contributed by atoms with Gasteiger partial charge in [-0.15, -0.1) is 0 Å². The molecule has 0 aliphatic carbocycles. The molecule has 1 atom stereocenters. The van der Waals surface area contributed by atoms with Crippen LogP contribution in [0.2, 0.25) is 0 Å². The Balaban J connectivity index is 2.80.